The molecule has 0 saturated heterocycles. The molecule has 0 atom stereocenters. The summed E-state index contributed by atoms with van der Waals surface area (Å²) in [5.74, 6) is -2.96. The van der Waals surface area contributed by atoms with Gasteiger partial charge in [0, 0.05) is 25.8 Å². The molecule has 2 aromatic rings. The number of benzene rings is 1. The fraction of sp³-hybridized carbons (Fsp3) is 0.429. The van der Waals surface area contributed by atoms with E-state index in [-0.39, 0.29) is 22.7 Å². The van der Waals surface area contributed by atoms with Crippen molar-refractivity contribution in [1.82, 2.24) is 10.5 Å². The zero-order chi connectivity index (χ0) is 16.4. The second-order valence-electron chi connectivity index (χ2n) is 4.93. The van der Waals surface area contributed by atoms with Crippen molar-refractivity contribution in [3.63, 3.8) is 0 Å². The first kappa shape index (κ1) is 16.3. The highest BCUT2D eigenvalue weighted by atomic mass is 19.2. The van der Waals surface area contributed by atoms with Gasteiger partial charge in [0.15, 0.2) is 17.8 Å². The van der Waals surface area contributed by atoms with Crippen molar-refractivity contribution in [1.29, 1.82) is 0 Å². The van der Waals surface area contributed by atoms with Gasteiger partial charge in [-0.05, 0) is 19.9 Å². The monoisotopic (exact) mass is 314 g/mol. The maximum Gasteiger partial charge on any atom is 0.274 e. The fourth-order valence-electron chi connectivity index (χ4n) is 2.05. The van der Waals surface area contributed by atoms with Crippen LogP contribution in [0, 0.1) is 11.6 Å². The predicted molar refractivity (Wildman–Crippen MR) is 73.3 cm³/mol. The summed E-state index contributed by atoms with van der Waals surface area (Å²) in [4.78, 5) is 12.0. The molecule has 22 heavy (non-hydrogen) atoms. The topological polar surface area (TPSA) is 73.6 Å². The number of halogens is 2. The number of amides is 1. The second kappa shape index (κ2) is 6.37. The lowest BCUT2D eigenvalue weighted by Crippen LogP contribution is -2.30. The Morgan fingerprint density at radius 1 is 1.27 bits per heavy atom. The third kappa shape index (κ3) is 2.79. The molecule has 0 aliphatic heterocycles. The van der Waals surface area contributed by atoms with Crippen LogP contribution in [0.3, 0.4) is 0 Å². The summed E-state index contributed by atoms with van der Waals surface area (Å²) in [7, 11) is 2.57. The number of nitrogens with zero attached hydrogens (tertiary/aromatic N) is 1. The van der Waals surface area contributed by atoms with Crippen LogP contribution in [0.15, 0.2) is 10.6 Å². The van der Waals surface area contributed by atoms with Crippen molar-refractivity contribution >= 4 is 16.9 Å². The lowest BCUT2D eigenvalue weighted by atomic mass is 10.1. The van der Waals surface area contributed by atoms with E-state index in [0.717, 1.165) is 0 Å². The molecule has 0 bridgehead atoms. The van der Waals surface area contributed by atoms with Crippen LogP contribution in [0.1, 0.15) is 36.2 Å². The number of carbonyl (C=O) groups excluding carboxylic acids is 1. The molecule has 2 rings (SSSR count). The highest BCUT2D eigenvalue weighted by Crippen LogP contribution is 2.31. The number of nitrogens with one attached hydrogen (secondary N) is 1. The molecule has 1 amide bonds. The van der Waals surface area contributed by atoms with Gasteiger partial charge in [-0.15, -0.1) is 0 Å². The fourth-order valence-corrected chi connectivity index (χ4v) is 2.05. The number of rotatable bonds is 5. The Labute approximate surface area is 125 Å². The highest BCUT2D eigenvalue weighted by Gasteiger charge is 2.27. The van der Waals surface area contributed by atoms with Gasteiger partial charge >= 0.3 is 0 Å². The van der Waals surface area contributed by atoms with Crippen molar-refractivity contribution in [2.75, 3.05) is 14.2 Å². The number of hydrogen-bond donors (Lipinski definition) is 1. The average molecular weight is 314 g/mol. The number of fused-ring (bicyclic) bond motifs is 1. The van der Waals surface area contributed by atoms with E-state index in [9.17, 15) is 13.6 Å². The largest absolute Gasteiger partial charge is 0.352 e. The van der Waals surface area contributed by atoms with Gasteiger partial charge < -0.3 is 19.3 Å². The molecule has 0 radical (unpaired) electrons. The van der Waals surface area contributed by atoms with Gasteiger partial charge in [-0.2, -0.15) is 4.39 Å². The number of methoxy groups -OCH3 is 2. The molecule has 0 aliphatic rings. The van der Waals surface area contributed by atoms with Crippen LogP contribution in [0.5, 0.6) is 0 Å². The first-order chi connectivity index (χ1) is 10.4. The van der Waals surface area contributed by atoms with Crippen LogP contribution < -0.4 is 5.32 Å². The third-order valence-electron chi connectivity index (χ3n) is 2.99. The molecular formula is C14H16F2N2O4. The molecule has 120 valence electrons. The van der Waals surface area contributed by atoms with E-state index in [1.54, 1.807) is 13.8 Å². The van der Waals surface area contributed by atoms with Crippen molar-refractivity contribution < 1.29 is 27.6 Å². The van der Waals surface area contributed by atoms with E-state index in [1.165, 1.54) is 20.3 Å². The minimum atomic E-state index is -1.25. The summed E-state index contributed by atoms with van der Waals surface area (Å²) < 4.78 is 42.8. The third-order valence-corrected chi connectivity index (χ3v) is 2.99. The Kier molecular flexibility index (Phi) is 4.72. The second-order valence-corrected chi connectivity index (χ2v) is 4.93. The molecule has 0 aliphatic carbocycles. The lowest BCUT2D eigenvalue weighted by molar-refractivity contribution is -0.108. The van der Waals surface area contributed by atoms with Crippen molar-refractivity contribution in [3.05, 3.63) is 29.0 Å². The molecular weight excluding hydrogens is 298 g/mol. The summed E-state index contributed by atoms with van der Waals surface area (Å²) in [6.45, 7) is 3.52. The molecule has 0 fully saturated rings. The molecule has 1 N–H and O–H groups in total. The first-order valence-electron chi connectivity index (χ1n) is 6.54. The molecule has 6 nitrogen and oxygen atoms in total. The van der Waals surface area contributed by atoms with Gasteiger partial charge in [0.05, 0.1) is 5.39 Å². The van der Waals surface area contributed by atoms with Crippen LogP contribution in [0.2, 0.25) is 0 Å². The Bertz CT molecular complexity index is 696. The van der Waals surface area contributed by atoms with Crippen LogP contribution in [-0.2, 0) is 9.47 Å². The summed E-state index contributed by atoms with van der Waals surface area (Å²) >= 11 is 0. The minimum absolute atomic E-state index is 0.0474. The van der Waals surface area contributed by atoms with Gasteiger partial charge in [0.2, 0.25) is 11.4 Å². The van der Waals surface area contributed by atoms with Crippen molar-refractivity contribution in [3.8, 4) is 0 Å². The van der Waals surface area contributed by atoms with Gasteiger partial charge in [-0.3, -0.25) is 4.79 Å². The van der Waals surface area contributed by atoms with Crippen LogP contribution in [0.4, 0.5) is 8.78 Å². The number of aromatic nitrogens is 1. The zero-order valence-electron chi connectivity index (χ0n) is 12.6. The summed E-state index contributed by atoms with van der Waals surface area (Å²) in [5, 5.41) is 6.18. The molecule has 1 aromatic carbocycles. The van der Waals surface area contributed by atoms with Crippen molar-refractivity contribution in [2.24, 2.45) is 0 Å². The Hall–Kier alpha value is -2.06. The molecule has 8 heteroatoms. The SMILES string of the molecule is COC(OC)c1cc2c(C(=O)NC(C)C)noc2c(F)c1F. The smallest absolute Gasteiger partial charge is 0.274 e. The molecule has 0 unspecified atom stereocenters. The predicted octanol–water partition coefficient (Wildman–Crippen LogP) is 2.54. The van der Waals surface area contributed by atoms with Gasteiger partial charge in [-0.1, -0.05) is 5.16 Å². The quantitative estimate of drug-likeness (QED) is 0.859. The first-order valence-corrected chi connectivity index (χ1v) is 6.54. The summed E-state index contributed by atoms with van der Waals surface area (Å²) in [5.41, 5.74) is -0.743. The van der Waals surface area contributed by atoms with Crippen LogP contribution in [0.25, 0.3) is 11.0 Å². The van der Waals surface area contributed by atoms with Gasteiger partial charge in [-0.25, -0.2) is 4.39 Å². The van der Waals surface area contributed by atoms with E-state index in [0.29, 0.717) is 0 Å². The zero-order valence-corrected chi connectivity index (χ0v) is 12.6. The van der Waals surface area contributed by atoms with Gasteiger partial charge in [0.1, 0.15) is 0 Å². The summed E-state index contributed by atoms with van der Waals surface area (Å²) in [6, 6.07) is 1.09. The highest BCUT2D eigenvalue weighted by molar-refractivity contribution is 6.04. The van der Waals surface area contributed by atoms with Crippen LogP contribution >= 0.6 is 0 Å². The Morgan fingerprint density at radius 2 is 1.91 bits per heavy atom. The van der Waals surface area contributed by atoms with E-state index in [2.05, 4.69) is 10.5 Å². The van der Waals surface area contributed by atoms with E-state index < -0.39 is 29.4 Å². The molecule has 0 spiro atoms. The standard InChI is InChI=1S/C14H16F2N2O4/c1-6(2)17-13(19)11-8-5-7(14(20-3)21-4)9(15)10(16)12(8)22-18-11/h5-6,14H,1-4H3,(H,17,19). The Morgan fingerprint density at radius 3 is 2.45 bits per heavy atom. The van der Waals surface area contributed by atoms with E-state index >= 15 is 0 Å². The maximum absolute atomic E-state index is 14.1. The maximum atomic E-state index is 14.1. The van der Waals surface area contributed by atoms with E-state index in [4.69, 9.17) is 14.0 Å². The van der Waals surface area contributed by atoms with E-state index in [1.807, 2.05) is 0 Å². The average Bonchev–Trinajstić information content (AvgIpc) is 2.88. The van der Waals surface area contributed by atoms with Crippen molar-refractivity contribution in [2.45, 2.75) is 26.2 Å². The number of hydrogen-bond acceptors (Lipinski definition) is 5. The van der Waals surface area contributed by atoms with Gasteiger partial charge in [0.25, 0.3) is 5.91 Å². The minimum Gasteiger partial charge on any atom is -0.352 e. The number of carbonyl (C=O) groups is 1. The van der Waals surface area contributed by atoms with Crippen LogP contribution in [-0.4, -0.2) is 31.3 Å². The Balaban J connectivity index is 2.61. The molecule has 0 saturated carbocycles. The lowest BCUT2D eigenvalue weighted by Gasteiger charge is -2.14. The normalized spacial score (nSPS) is 11.6. The molecule has 1 aromatic heterocycles. The molecule has 1 heterocycles. The summed E-state index contributed by atoms with van der Waals surface area (Å²) in [6.07, 6.45) is -1.12. The number of ether oxygens (including phenoxy) is 2.